The van der Waals surface area contributed by atoms with Gasteiger partial charge >= 0.3 is 0 Å². The molecule has 1 fully saturated rings. The lowest BCUT2D eigenvalue weighted by molar-refractivity contribution is 0.0286. The summed E-state index contributed by atoms with van der Waals surface area (Å²) >= 11 is 0. The predicted octanol–water partition coefficient (Wildman–Crippen LogP) is 1.70. The smallest absolute Gasteiger partial charge is 0.124 e. The number of nitrogens with one attached hydrogen (secondary N) is 1. The Kier molecular flexibility index (Phi) is 3.38. The molecule has 3 rings (SSSR count). The summed E-state index contributed by atoms with van der Waals surface area (Å²) in [4.78, 5) is 0. The van der Waals surface area contributed by atoms with Gasteiger partial charge in [0.15, 0.2) is 0 Å². The Morgan fingerprint density at radius 1 is 1.38 bits per heavy atom. The summed E-state index contributed by atoms with van der Waals surface area (Å²) in [5.41, 5.74) is 2.63. The summed E-state index contributed by atoms with van der Waals surface area (Å²) in [5.74, 6) is 1.46. The van der Waals surface area contributed by atoms with Gasteiger partial charge in [-0.2, -0.15) is 0 Å². The van der Waals surface area contributed by atoms with E-state index in [-0.39, 0.29) is 12.4 Å². The molecule has 4 heteroatoms. The summed E-state index contributed by atoms with van der Waals surface area (Å²) < 4.78 is 11.2. The first-order valence-electron chi connectivity index (χ1n) is 5.38. The van der Waals surface area contributed by atoms with E-state index in [1.165, 1.54) is 11.1 Å². The van der Waals surface area contributed by atoms with Crippen LogP contribution in [-0.4, -0.2) is 26.3 Å². The molecule has 0 saturated carbocycles. The van der Waals surface area contributed by atoms with Gasteiger partial charge in [-0.15, -0.1) is 12.4 Å². The average Bonchev–Trinajstić information content (AvgIpc) is 2.76. The van der Waals surface area contributed by atoms with Gasteiger partial charge in [0, 0.05) is 24.6 Å². The van der Waals surface area contributed by atoms with Crippen LogP contribution in [0.2, 0.25) is 0 Å². The Bertz CT molecular complexity index is 383. The van der Waals surface area contributed by atoms with Crippen LogP contribution < -0.4 is 10.1 Å². The second-order valence-corrected chi connectivity index (χ2v) is 4.14. The van der Waals surface area contributed by atoms with Crippen LogP contribution in [0.1, 0.15) is 17.0 Å². The summed E-state index contributed by atoms with van der Waals surface area (Å²) in [7, 11) is 1.72. The number of hydrogen-bond donors (Lipinski definition) is 1. The Balaban J connectivity index is 0.000000963. The Morgan fingerprint density at radius 2 is 2.25 bits per heavy atom. The third-order valence-electron chi connectivity index (χ3n) is 3.39. The van der Waals surface area contributed by atoms with Crippen molar-refractivity contribution < 1.29 is 9.47 Å². The van der Waals surface area contributed by atoms with Gasteiger partial charge in [0.1, 0.15) is 5.75 Å². The highest BCUT2D eigenvalue weighted by Gasteiger charge is 2.35. The molecule has 0 radical (unpaired) electrons. The minimum Gasteiger partial charge on any atom is -0.496 e. The van der Waals surface area contributed by atoms with E-state index in [1.807, 2.05) is 6.07 Å². The lowest BCUT2D eigenvalue weighted by Gasteiger charge is -2.28. The Hall–Kier alpha value is -0.770. The summed E-state index contributed by atoms with van der Waals surface area (Å²) in [5, 5.41) is 3.38. The predicted molar refractivity (Wildman–Crippen MR) is 64.4 cm³/mol. The van der Waals surface area contributed by atoms with E-state index < -0.39 is 0 Å². The summed E-state index contributed by atoms with van der Waals surface area (Å²) in [6.45, 7) is 2.67. The number of ether oxygens (including phenoxy) is 2. The monoisotopic (exact) mass is 241 g/mol. The third kappa shape index (κ3) is 1.69. The molecule has 0 aromatic heterocycles. The fourth-order valence-corrected chi connectivity index (χ4v) is 2.61. The highest BCUT2D eigenvalue weighted by molar-refractivity contribution is 5.85. The maximum absolute atomic E-state index is 5.83. The Morgan fingerprint density at radius 3 is 3.06 bits per heavy atom. The highest BCUT2D eigenvalue weighted by Crippen LogP contribution is 2.37. The van der Waals surface area contributed by atoms with Gasteiger partial charge in [-0.1, -0.05) is 12.1 Å². The minimum atomic E-state index is 0. The van der Waals surface area contributed by atoms with Crippen molar-refractivity contribution in [1.82, 2.24) is 5.32 Å². The van der Waals surface area contributed by atoms with Crippen LogP contribution in [0.25, 0.3) is 0 Å². The largest absolute Gasteiger partial charge is 0.496 e. The first kappa shape index (κ1) is 11.7. The van der Waals surface area contributed by atoms with Crippen molar-refractivity contribution in [2.75, 3.05) is 20.2 Å². The van der Waals surface area contributed by atoms with E-state index >= 15 is 0 Å². The molecule has 3 nitrogen and oxygen atoms in total. The van der Waals surface area contributed by atoms with E-state index in [0.717, 1.165) is 18.8 Å². The van der Waals surface area contributed by atoms with E-state index in [1.54, 1.807) is 7.11 Å². The minimum absolute atomic E-state index is 0. The molecule has 2 aliphatic heterocycles. The number of rotatable bonds is 1. The quantitative estimate of drug-likeness (QED) is 0.812. The molecule has 1 aromatic carbocycles. The molecule has 0 amide bonds. The summed E-state index contributed by atoms with van der Waals surface area (Å²) in [6, 6.07) is 6.27. The van der Waals surface area contributed by atoms with Crippen LogP contribution in [0.4, 0.5) is 0 Å². The molecular weight excluding hydrogens is 226 g/mol. The van der Waals surface area contributed by atoms with Crippen LogP contribution in [0.3, 0.4) is 0 Å². The normalized spacial score (nSPS) is 26.6. The topological polar surface area (TPSA) is 30.5 Å². The molecule has 1 saturated heterocycles. The zero-order valence-corrected chi connectivity index (χ0v) is 10.0. The number of fused-ring (bicyclic) bond motifs is 3. The zero-order chi connectivity index (χ0) is 10.3. The van der Waals surface area contributed by atoms with Crippen molar-refractivity contribution in [2.45, 2.75) is 18.6 Å². The van der Waals surface area contributed by atoms with Gasteiger partial charge < -0.3 is 14.8 Å². The van der Waals surface area contributed by atoms with Crippen LogP contribution >= 0.6 is 12.4 Å². The molecule has 0 spiro atoms. The first-order valence-corrected chi connectivity index (χ1v) is 5.38. The van der Waals surface area contributed by atoms with Crippen molar-refractivity contribution in [1.29, 1.82) is 0 Å². The van der Waals surface area contributed by atoms with Crippen molar-refractivity contribution in [3.63, 3.8) is 0 Å². The van der Waals surface area contributed by atoms with Gasteiger partial charge in [-0.05, 0) is 11.6 Å². The van der Waals surface area contributed by atoms with E-state index in [4.69, 9.17) is 9.47 Å². The van der Waals surface area contributed by atoms with Gasteiger partial charge in [-0.3, -0.25) is 0 Å². The van der Waals surface area contributed by atoms with Crippen molar-refractivity contribution in [3.05, 3.63) is 29.3 Å². The van der Waals surface area contributed by atoms with Gasteiger partial charge in [0.05, 0.1) is 19.8 Å². The van der Waals surface area contributed by atoms with E-state index in [0.29, 0.717) is 18.6 Å². The molecule has 2 aliphatic rings. The molecule has 0 unspecified atom stereocenters. The van der Waals surface area contributed by atoms with Gasteiger partial charge in [0.25, 0.3) is 0 Å². The summed E-state index contributed by atoms with van der Waals surface area (Å²) in [6.07, 6.45) is 0.351. The van der Waals surface area contributed by atoms with Crippen molar-refractivity contribution in [2.24, 2.45) is 0 Å². The number of hydrogen-bond acceptors (Lipinski definition) is 3. The molecule has 1 aromatic rings. The number of halogens is 1. The Labute approximate surface area is 102 Å². The molecule has 2 heterocycles. The standard InChI is InChI=1S/C12H15NO2.ClH/c1-14-11-4-2-3-8-9-5-13-6-12(9)15-7-10(8)11;/h2-4,9,12-13H,5-7H2,1H3;1H/t9-,12-;/m0./s1. The molecular formula is C12H16ClNO2. The molecule has 0 bridgehead atoms. The maximum Gasteiger partial charge on any atom is 0.124 e. The zero-order valence-electron chi connectivity index (χ0n) is 9.23. The first-order chi connectivity index (χ1) is 7.40. The second-order valence-electron chi connectivity index (χ2n) is 4.14. The number of benzene rings is 1. The lowest BCUT2D eigenvalue weighted by atomic mass is 9.89. The van der Waals surface area contributed by atoms with Crippen LogP contribution in [0.15, 0.2) is 18.2 Å². The van der Waals surface area contributed by atoms with Gasteiger partial charge in [-0.25, -0.2) is 0 Å². The van der Waals surface area contributed by atoms with Crippen LogP contribution in [-0.2, 0) is 11.3 Å². The van der Waals surface area contributed by atoms with Crippen LogP contribution in [0, 0.1) is 0 Å². The molecule has 16 heavy (non-hydrogen) atoms. The van der Waals surface area contributed by atoms with Crippen molar-refractivity contribution >= 4 is 12.4 Å². The molecule has 1 N–H and O–H groups in total. The van der Waals surface area contributed by atoms with E-state index in [9.17, 15) is 0 Å². The SMILES string of the molecule is COc1cccc2c1CO[C@H]1CNC[C@@H]21.Cl. The van der Waals surface area contributed by atoms with Crippen LogP contribution in [0.5, 0.6) is 5.75 Å². The molecule has 2 atom stereocenters. The number of methoxy groups -OCH3 is 1. The average molecular weight is 242 g/mol. The lowest BCUT2D eigenvalue weighted by Crippen LogP contribution is -2.27. The second kappa shape index (κ2) is 4.62. The molecule has 88 valence electrons. The molecule has 0 aliphatic carbocycles. The van der Waals surface area contributed by atoms with E-state index in [2.05, 4.69) is 17.4 Å². The maximum atomic E-state index is 5.83. The van der Waals surface area contributed by atoms with Gasteiger partial charge in [0.2, 0.25) is 0 Å². The fourth-order valence-electron chi connectivity index (χ4n) is 2.61. The van der Waals surface area contributed by atoms with Crippen molar-refractivity contribution in [3.8, 4) is 5.75 Å². The fraction of sp³-hybridized carbons (Fsp3) is 0.500. The third-order valence-corrected chi connectivity index (χ3v) is 3.39. The highest BCUT2D eigenvalue weighted by atomic mass is 35.5.